The molecule has 106 valence electrons. The largest absolute Gasteiger partial charge is 0.479 e. The minimum absolute atomic E-state index is 0.422. The third-order valence-electron chi connectivity index (χ3n) is 3.16. The Morgan fingerprint density at radius 3 is 2.42 bits per heavy atom. The summed E-state index contributed by atoms with van der Waals surface area (Å²) < 4.78 is 5.20. The van der Waals surface area contributed by atoms with Crippen LogP contribution in [0.1, 0.15) is 25.8 Å². The van der Waals surface area contributed by atoms with E-state index in [9.17, 15) is 4.79 Å². The van der Waals surface area contributed by atoms with E-state index in [1.165, 1.54) is 5.56 Å². The van der Waals surface area contributed by atoms with Gasteiger partial charge in [0.05, 0.1) is 0 Å². The van der Waals surface area contributed by atoms with E-state index in [-0.39, 0.29) is 0 Å². The Labute approximate surface area is 115 Å². The second-order valence-corrected chi connectivity index (χ2v) is 4.51. The van der Waals surface area contributed by atoms with Crippen molar-refractivity contribution in [2.24, 2.45) is 0 Å². The van der Waals surface area contributed by atoms with Crippen LogP contribution in [0.2, 0.25) is 0 Å². The third kappa shape index (κ3) is 4.91. The Hall–Kier alpha value is -1.55. The molecule has 0 saturated carbocycles. The lowest BCUT2D eigenvalue weighted by Gasteiger charge is -2.21. The first-order chi connectivity index (χ1) is 9.08. The fourth-order valence-electron chi connectivity index (χ4n) is 1.91. The maximum absolute atomic E-state index is 11.0. The van der Waals surface area contributed by atoms with Crippen LogP contribution in [-0.2, 0) is 16.0 Å². The smallest absolute Gasteiger partial charge is 0.332 e. The number of hydrogen-bond acceptors (Lipinski definition) is 3. The molecule has 1 aromatic carbocycles. The van der Waals surface area contributed by atoms with E-state index in [2.05, 4.69) is 36.1 Å². The highest BCUT2D eigenvalue weighted by Crippen LogP contribution is 2.15. The number of aryl methyl sites for hydroxylation is 1. The predicted octanol–water partition coefficient (Wildman–Crippen LogP) is 2.57. The molecule has 0 fully saturated rings. The van der Waals surface area contributed by atoms with Crippen molar-refractivity contribution in [2.45, 2.75) is 32.8 Å². The van der Waals surface area contributed by atoms with Gasteiger partial charge in [-0.05, 0) is 31.0 Å². The summed E-state index contributed by atoms with van der Waals surface area (Å²) in [6.07, 6.45) is 0.785. The highest BCUT2D eigenvalue weighted by Gasteiger charge is 2.17. The number of hydrogen-bond donors (Lipinski definition) is 1. The molecule has 0 heterocycles. The van der Waals surface area contributed by atoms with E-state index in [4.69, 9.17) is 9.84 Å². The molecule has 0 aliphatic rings. The van der Waals surface area contributed by atoms with Crippen molar-refractivity contribution < 1.29 is 14.6 Å². The van der Waals surface area contributed by atoms with Gasteiger partial charge in [0.15, 0.2) is 6.10 Å². The molecular formula is C15H23NO3. The molecule has 0 aliphatic heterocycles. The molecule has 1 N–H and O–H groups in total. The van der Waals surface area contributed by atoms with Crippen LogP contribution in [0.5, 0.6) is 0 Å². The summed E-state index contributed by atoms with van der Waals surface area (Å²) in [5.74, 6) is -0.892. The number of aliphatic carboxylic acids is 1. The van der Waals surface area contributed by atoms with Gasteiger partial charge in [-0.3, -0.25) is 0 Å². The third-order valence-corrected chi connectivity index (χ3v) is 3.16. The quantitative estimate of drug-likeness (QED) is 0.785. The first-order valence-electron chi connectivity index (χ1n) is 6.73. The van der Waals surface area contributed by atoms with Gasteiger partial charge in [0, 0.05) is 32.3 Å². The molecule has 1 atom stereocenters. The molecule has 4 heteroatoms. The molecule has 19 heavy (non-hydrogen) atoms. The number of benzene rings is 1. The molecule has 1 rings (SSSR count). The lowest BCUT2D eigenvalue weighted by atomic mass is 10.1. The molecule has 1 unspecified atom stereocenters. The lowest BCUT2D eigenvalue weighted by molar-refractivity contribution is -0.150. The van der Waals surface area contributed by atoms with Crippen molar-refractivity contribution >= 4 is 11.7 Å². The van der Waals surface area contributed by atoms with E-state index >= 15 is 0 Å². The summed E-state index contributed by atoms with van der Waals surface area (Å²) in [6, 6.07) is 8.33. The minimum atomic E-state index is -0.892. The minimum Gasteiger partial charge on any atom is -0.479 e. The zero-order valence-corrected chi connectivity index (χ0v) is 11.9. The molecule has 0 spiro atoms. The zero-order chi connectivity index (χ0) is 14.3. The number of anilines is 1. The van der Waals surface area contributed by atoms with Gasteiger partial charge < -0.3 is 14.7 Å². The Kier molecular flexibility index (Phi) is 6.36. The SMILES string of the molecule is CCOC(CCN(C)c1ccc(CC)cc1)C(=O)O. The van der Waals surface area contributed by atoms with Gasteiger partial charge in [-0.15, -0.1) is 0 Å². The van der Waals surface area contributed by atoms with Crippen LogP contribution in [0.15, 0.2) is 24.3 Å². The zero-order valence-electron chi connectivity index (χ0n) is 11.9. The number of carboxylic acid groups (broad SMARTS) is 1. The summed E-state index contributed by atoms with van der Waals surface area (Å²) in [7, 11) is 1.96. The summed E-state index contributed by atoms with van der Waals surface area (Å²) >= 11 is 0. The van der Waals surface area contributed by atoms with Gasteiger partial charge in [0.25, 0.3) is 0 Å². The fraction of sp³-hybridized carbons (Fsp3) is 0.533. The van der Waals surface area contributed by atoms with Crippen LogP contribution < -0.4 is 4.90 Å². The van der Waals surface area contributed by atoms with E-state index in [0.717, 1.165) is 12.1 Å². The molecular weight excluding hydrogens is 242 g/mol. The fourth-order valence-corrected chi connectivity index (χ4v) is 1.91. The van der Waals surface area contributed by atoms with Crippen molar-refractivity contribution in [2.75, 3.05) is 25.1 Å². The highest BCUT2D eigenvalue weighted by molar-refractivity contribution is 5.72. The summed E-state index contributed by atoms with van der Waals surface area (Å²) in [5.41, 5.74) is 2.40. The van der Waals surface area contributed by atoms with E-state index in [1.807, 2.05) is 14.0 Å². The Balaban J connectivity index is 2.53. The Bertz CT molecular complexity index is 389. The standard InChI is InChI=1S/C15H23NO3/c1-4-12-6-8-13(9-7-12)16(3)11-10-14(15(17)18)19-5-2/h6-9,14H,4-5,10-11H2,1-3H3,(H,17,18). The monoisotopic (exact) mass is 265 g/mol. The normalized spacial score (nSPS) is 12.2. The maximum atomic E-state index is 11.0. The number of nitrogens with zero attached hydrogens (tertiary/aromatic N) is 1. The van der Waals surface area contributed by atoms with Gasteiger partial charge in [-0.1, -0.05) is 19.1 Å². The average Bonchev–Trinajstić information content (AvgIpc) is 2.42. The molecule has 4 nitrogen and oxygen atoms in total. The van der Waals surface area contributed by atoms with Crippen LogP contribution in [0.4, 0.5) is 5.69 Å². The predicted molar refractivity (Wildman–Crippen MR) is 76.8 cm³/mol. The molecule has 0 radical (unpaired) electrons. The first kappa shape index (κ1) is 15.5. The number of carbonyl (C=O) groups is 1. The number of ether oxygens (including phenoxy) is 1. The molecule has 0 aromatic heterocycles. The van der Waals surface area contributed by atoms with Gasteiger partial charge in [0.2, 0.25) is 0 Å². The Morgan fingerprint density at radius 1 is 1.32 bits per heavy atom. The van der Waals surface area contributed by atoms with Crippen molar-refractivity contribution in [3.05, 3.63) is 29.8 Å². The van der Waals surface area contributed by atoms with E-state index in [0.29, 0.717) is 19.6 Å². The molecule has 0 amide bonds. The second kappa shape index (κ2) is 7.79. The summed E-state index contributed by atoms with van der Waals surface area (Å²) in [6.45, 7) is 5.01. The van der Waals surface area contributed by atoms with Crippen LogP contribution in [0.3, 0.4) is 0 Å². The van der Waals surface area contributed by atoms with Crippen molar-refractivity contribution in [3.8, 4) is 0 Å². The summed E-state index contributed by atoms with van der Waals surface area (Å²) in [4.78, 5) is 13.0. The van der Waals surface area contributed by atoms with Crippen LogP contribution in [0, 0.1) is 0 Å². The van der Waals surface area contributed by atoms with Gasteiger partial charge >= 0.3 is 5.97 Å². The molecule has 0 saturated heterocycles. The molecule has 1 aromatic rings. The average molecular weight is 265 g/mol. The van der Waals surface area contributed by atoms with Crippen LogP contribution in [0.25, 0.3) is 0 Å². The topological polar surface area (TPSA) is 49.8 Å². The number of rotatable bonds is 8. The van der Waals surface area contributed by atoms with Crippen molar-refractivity contribution in [1.82, 2.24) is 0 Å². The number of carboxylic acids is 1. The van der Waals surface area contributed by atoms with Crippen LogP contribution >= 0.6 is 0 Å². The highest BCUT2D eigenvalue weighted by atomic mass is 16.5. The maximum Gasteiger partial charge on any atom is 0.332 e. The molecule has 0 aliphatic carbocycles. The second-order valence-electron chi connectivity index (χ2n) is 4.51. The van der Waals surface area contributed by atoms with Gasteiger partial charge in [0.1, 0.15) is 0 Å². The Morgan fingerprint density at radius 2 is 1.95 bits per heavy atom. The van der Waals surface area contributed by atoms with Gasteiger partial charge in [-0.2, -0.15) is 0 Å². The molecule has 0 bridgehead atoms. The van der Waals surface area contributed by atoms with Crippen molar-refractivity contribution in [3.63, 3.8) is 0 Å². The lowest BCUT2D eigenvalue weighted by Crippen LogP contribution is -2.30. The summed E-state index contributed by atoms with van der Waals surface area (Å²) in [5, 5.41) is 9.01. The van der Waals surface area contributed by atoms with E-state index in [1.54, 1.807) is 0 Å². The first-order valence-corrected chi connectivity index (χ1v) is 6.73. The van der Waals surface area contributed by atoms with Crippen LogP contribution in [-0.4, -0.2) is 37.4 Å². The van der Waals surface area contributed by atoms with Crippen molar-refractivity contribution in [1.29, 1.82) is 0 Å². The van der Waals surface area contributed by atoms with E-state index < -0.39 is 12.1 Å². The van der Waals surface area contributed by atoms with Gasteiger partial charge in [-0.25, -0.2) is 4.79 Å².